The van der Waals surface area contributed by atoms with Gasteiger partial charge in [-0.15, -0.1) is 0 Å². The number of carbonyl (C=O) groups excluding carboxylic acids is 1. The largest absolute Gasteiger partial charge is 0.507 e. The summed E-state index contributed by atoms with van der Waals surface area (Å²) in [6.07, 6.45) is 5.39. The Morgan fingerprint density at radius 2 is 1.94 bits per heavy atom. The van der Waals surface area contributed by atoms with Crippen LogP contribution < -0.4 is 15.7 Å². The number of amides is 1. The van der Waals surface area contributed by atoms with Crippen molar-refractivity contribution in [1.29, 1.82) is 0 Å². The summed E-state index contributed by atoms with van der Waals surface area (Å²) in [5, 5.41) is 21.0. The van der Waals surface area contributed by atoms with Gasteiger partial charge in [0.15, 0.2) is 5.78 Å². The molecule has 0 radical (unpaired) electrons. The van der Waals surface area contributed by atoms with E-state index in [1.54, 1.807) is 50.3 Å². The Bertz CT molecular complexity index is 1080. The van der Waals surface area contributed by atoms with Gasteiger partial charge in [-0.2, -0.15) is 0 Å². The highest BCUT2D eigenvalue weighted by Crippen LogP contribution is 2.26. The smallest absolute Gasteiger partial charge is 0.408 e. The molecule has 0 saturated carbocycles. The van der Waals surface area contributed by atoms with Gasteiger partial charge < -0.3 is 19.4 Å². The van der Waals surface area contributed by atoms with Crippen molar-refractivity contribution in [2.75, 3.05) is 6.61 Å². The maximum absolute atomic E-state index is 12.8. The Kier molecular flexibility index (Phi) is 9.47. The summed E-state index contributed by atoms with van der Waals surface area (Å²) in [5.74, 6) is -0.299. The van der Waals surface area contributed by atoms with Crippen molar-refractivity contribution in [2.45, 2.75) is 46.0 Å². The van der Waals surface area contributed by atoms with Crippen molar-refractivity contribution >= 4 is 18.0 Å². The second kappa shape index (κ2) is 12.3. The van der Waals surface area contributed by atoms with Crippen molar-refractivity contribution in [3.63, 3.8) is 0 Å². The first-order chi connectivity index (χ1) is 15.7. The molecular weight excluding hydrogens is 426 g/mol. The quantitative estimate of drug-likeness (QED) is 0.318. The van der Waals surface area contributed by atoms with Crippen LogP contribution in [0.2, 0.25) is 0 Å². The normalized spacial score (nSPS) is 12.5. The first kappa shape index (κ1) is 25.5. The first-order valence-corrected chi connectivity index (χ1v) is 10.7. The van der Waals surface area contributed by atoms with Crippen LogP contribution in [0.1, 0.15) is 67.6 Å². The molecule has 0 bridgehead atoms. The standard InChI is InChI=1S/C25H29NO7/c1-4-13-32-19-10-8-18(9-11-19)14-17(3)23(28)22-20(27)15-21(33-24(22)29)16(2)7-5-6-12-26-25(30)31/h6,8-12,14-16,26-27H,4-5,7,13H2,1-3H3,(H,30,31)/b12-6+,17-14+. The number of nitrogens with one attached hydrogen (secondary N) is 1. The molecule has 1 aromatic heterocycles. The number of rotatable bonds is 11. The summed E-state index contributed by atoms with van der Waals surface area (Å²) in [7, 11) is 0. The Balaban J connectivity index is 2.12. The van der Waals surface area contributed by atoms with Crippen LogP contribution in [-0.2, 0) is 0 Å². The molecule has 2 rings (SSSR count). The molecule has 0 spiro atoms. The van der Waals surface area contributed by atoms with Crippen LogP contribution in [0.5, 0.6) is 11.5 Å². The van der Waals surface area contributed by atoms with Gasteiger partial charge in [0.05, 0.1) is 6.61 Å². The van der Waals surface area contributed by atoms with E-state index in [-0.39, 0.29) is 17.3 Å². The summed E-state index contributed by atoms with van der Waals surface area (Å²) in [5.41, 5.74) is -0.282. The van der Waals surface area contributed by atoms with E-state index >= 15 is 0 Å². The molecule has 0 saturated heterocycles. The molecule has 0 aliphatic heterocycles. The van der Waals surface area contributed by atoms with Gasteiger partial charge >= 0.3 is 11.7 Å². The number of carbonyl (C=O) groups is 2. The van der Waals surface area contributed by atoms with Crippen LogP contribution in [0.25, 0.3) is 6.08 Å². The predicted molar refractivity (Wildman–Crippen MR) is 125 cm³/mol. The number of ether oxygens (including phenoxy) is 1. The van der Waals surface area contributed by atoms with Crippen LogP contribution >= 0.6 is 0 Å². The molecule has 2 aromatic rings. The molecule has 1 heterocycles. The molecular formula is C25H29NO7. The van der Waals surface area contributed by atoms with E-state index in [2.05, 4.69) is 5.32 Å². The Morgan fingerprint density at radius 3 is 2.55 bits per heavy atom. The molecule has 3 N–H and O–H groups in total. The zero-order valence-corrected chi connectivity index (χ0v) is 19.0. The van der Waals surface area contributed by atoms with Crippen LogP contribution in [0.4, 0.5) is 4.79 Å². The highest BCUT2D eigenvalue weighted by atomic mass is 16.5. The molecule has 8 heteroatoms. The molecule has 0 aliphatic rings. The van der Waals surface area contributed by atoms with Gasteiger partial charge in [0.2, 0.25) is 0 Å². The third kappa shape index (κ3) is 7.68. The van der Waals surface area contributed by atoms with E-state index in [0.717, 1.165) is 17.7 Å². The summed E-state index contributed by atoms with van der Waals surface area (Å²) >= 11 is 0. The summed E-state index contributed by atoms with van der Waals surface area (Å²) < 4.78 is 10.8. The summed E-state index contributed by atoms with van der Waals surface area (Å²) in [6, 6.07) is 8.48. The van der Waals surface area contributed by atoms with E-state index in [4.69, 9.17) is 14.3 Å². The maximum Gasteiger partial charge on any atom is 0.408 e. The third-order valence-corrected chi connectivity index (χ3v) is 4.85. The van der Waals surface area contributed by atoms with Crippen molar-refractivity contribution in [3.8, 4) is 11.5 Å². The van der Waals surface area contributed by atoms with Gasteiger partial charge in [0.1, 0.15) is 22.8 Å². The number of carboxylic acid groups (broad SMARTS) is 1. The lowest BCUT2D eigenvalue weighted by Gasteiger charge is -2.11. The molecule has 1 amide bonds. The first-order valence-electron chi connectivity index (χ1n) is 10.7. The van der Waals surface area contributed by atoms with Crippen LogP contribution in [0.3, 0.4) is 0 Å². The van der Waals surface area contributed by atoms with Crippen molar-refractivity contribution in [3.05, 3.63) is 75.5 Å². The van der Waals surface area contributed by atoms with Gasteiger partial charge in [0, 0.05) is 18.2 Å². The Morgan fingerprint density at radius 1 is 1.24 bits per heavy atom. The van der Waals surface area contributed by atoms with E-state index in [1.165, 1.54) is 12.3 Å². The van der Waals surface area contributed by atoms with Crippen LogP contribution in [0, 0.1) is 0 Å². The molecule has 176 valence electrons. The Labute approximate surface area is 192 Å². The monoisotopic (exact) mass is 455 g/mol. The minimum Gasteiger partial charge on any atom is -0.507 e. The van der Waals surface area contributed by atoms with Gasteiger partial charge in [-0.05, 0) is 55.5 Å². The van der Waals surface area contributed by atoms with Gasteiger partial charge in [-0.3, -0.25) is 10.1 Å². The molecule has 1 unspecified atom stereocenters. The lowest BCUT2D eigenvalue weighted by molar-refractivity contribution is 0.102. The predicted octanol–water partition coefficient (Wildman–Crippen LogP) is 5.09. The minimum absolute atomic E-state index is 0.229. The maximum atomic E-state index is 12.8. The van der Waals surface area contributed by atoms with Crippen molar-refractivity contribution in [2.24, 2.45) is 0 Å². The number of Topliss-reactive ketones (excluding diaryl/α,β-unsaturated/α-hetero) is 1. The molecule has 0 fully saturated rings. The Hall–Kier alpha value is -3.81. The molecule has 1 atom stereocenters. The summed E-state index contributed by atoms with van der Waals surface area (Å²) in [6.45, 7) is 6.01. The number of allylic oxidation sites excluding steroid dienone is 2. The SMILES string of the molecule is CCCOc1ccc(/C=C(\C)C(=O)c2c(O)cc(C(C)CC/C=C/NC(=O)O)oc2=O)cc1. The minimum atomic E-state index is -1.15. The fraction of sp³-hybridized carbons (Fsp3) is 0.320. The van der Waals surface area contributed by atoms with E-state index in [9.17, 15) is 19.5 Å². The zero-order valence-electron chi connectivity index (χ0n) is 19.0. The number of aromatic hydroxyl groups is 1. The molecule has 0 aliphatic carbocycles. The highest BCUT2D eigenvalue weighted by molar-refractivity contribution is 6.12. The van der Waals surface area contributed by atoms with Crippen LogP contribution in [-0.4, -0.2) is 28.7 Å². The lowest BCUT2D eigenvalue weighted by Crippen LogP contribution is -2.16. The number of benzene rings is 1. The fourth-order valence-electron chi connectivity index (χ4n) is 3.05. The van der Waals surface area contributed by atoms with Crippen molar-refractivity contribution in [1.82, 2.24) is 5.32 Å². The van der Waals surface area contributed by atoms with Gasteiger partial charge in [-0.1, -0.05) is 32.1 Å². The van der Waals surface area contributed by atoms with E-state index < -0.39 is 28.8 Å². The molecule has 8 nitrogen and oxygen atoms in total. The fourth-order valence-corrected chi connectivity index (χ4v) is 3.05. The van der Waals surface area contributed by atoms with E-state index in [1.807, 2.05) is 6.92 Å². The summed E-state index contributed by atoms with van der Waals surface area (Å²) in [4.78, 5) is 35.7. The second-order valence-electron chi connectivity index (χ2n) is 7.60. The molecule has 33 heavy (non-hydrogen) atoms. The second-order valence-corrected chi connectivity index (χ2v) is 7.60. The zero-order chi connectivity index (χ0) is 24.4. The van der Waals surface area contributed by atoms with Gasteiger partial charge in [-0.25, -0.2) is 9.59 Å². The lowest BCUT2D eigenvalue weighted by atomic mass is 9.99. The topological polar surface area (TPSA) is 126 Å². The number of hydrogen-bond acceptors (Lipinski definition) is 6. The number of ketones is 1. The van der Waals surface area contributed by atoms with Crippen molar-refractivity contribution < 1.29 is 29.0 Å². The molecule has 1 aromatic carbocycles. The van der Waals surface area contributed by atoms with E-state index in [0.29, 0.717) is 19.4 Å². The average molecular weight is 456 g/mol. The van der Waals surface area contributed by atoms with Crippen LogP contribution in [0.15, 0.2) is 57.4 Å². The average Bonchev–Trinajstić information content (AvgIpc) is 2.77. The van der Waals surface area contributed by atoms with Gasteiger partial charge in [0.25, 0.3) is 0 Å². The number of hydrogen-bond donors (Lipinski definition) is 3. The third-order valence-electron chi connectivity index (χ3n) is 4.85. The highest BCUT2D eigenvalue weighted by Gasteiger charge is 2.22.